The lowest BCUT2D eigenvalue weighted by Gasteiger charge is -2.28. The highest BCUT2D eigenvalue weighted by atomic mass is 35.5. The van der Waals surface area contributed by atoms with Crippen molar-refractivity contribution in [2.75, 3.05) is 12.0 Å². The molecule has 1 aliphatic heterocycles. The Morgan fingerprint density at radius 1 is 1.06 bits per heavy atom. The van der Waals surface area contributed by atoms with Crippen molar-refractivity contribution in [1.82, 2.24) is 0 Å². The monoisotopic (exact) mass is 489 g/mol. The van der Waals surface area contributed by atoms with E-state index >= 15 is 0 Å². The van der Waals surface area contributed by atoms with Crippen LogP contribution in [-0.4, -0.2) is 29.0 Å². The number of aryl methyl sites for hydroxylation is 1. The summed E-state index contributed by atoms with van der Waals surface area (Å²) in [5.41, 5.74) is 1.90. The van der Waals surface area contributed by atoms with Gasteiger partial charge in [-0.05, 0) is 48.4 Å². The molecule has 7 nitrogen and oxygen atoms in total. The second-order valence-electron chi connectivity index (χ2n) is 8.19. The number of anilines is 1. The summed E-state index contributed by atoms with van der Waals surface area (Å²) in [5, 5.41) is 22.0. The van der Waals surface area contributed by atoms with Gasteiger partial charge in [-0.3, -0.25) is 14.5 Å². The van der Waals surface area contributed by atoms with E-state index in [4.69, 9.17) is 20.8 Å². The molecule has 1 amide bonds. The van der Waals surface area contributed by atoms with E-state index in [-0.39, 0.29) is 17.1 Å². The third-order valence-corrected chi connectivity index (χ3v) is 6.22. The van der Waals surface area contributed by atoms with Gasteiger partial charge in [-0.15, -0.1) is 0 Å². The van der Waals surface area contributed by atoms with Crippen molar-refractivity contribution >= 4 is 39.9 Å². The first-order valence-corrected chi connectivity index (χ1v) is 11.1. The molecule has 1 unspecified atom stereocenters. The molecular weight excluding hydrogens is 470 g/mol. The molecule has 0 spiro atoms. The van der Waals surface area contributed by atoms with Crippen molar-refractivity contribution in [2.24, 2.45) is 0 Å². The van der Waals surface area contributed by atoms with Gasteiger partial charge in [0.05, 0.1) is 18.7 Å². The van der Waals surface area contributed by atoms with Crippen molar-refractivity contribution in [3.05, 3.63) is 100.0 Å². The number of hydrogen-bond donors (Lipinski definition) is 2. The van der Waals surface area contributed by atoms with Crippen LogP contribution in [0.4, 0.5) is 5.69 Å². The van der Waals surface area contributed by atoms with Gasteiger partial charge in [0.2, 0.25) is 5.78 Å². The summed E-state index contributed by atoms with van der Waals surface area (Å²) in [4.78, 5) is 28.4. The standard InChI is InChI=1S/C27H20ClNO6/c1-14-6-3-4-9-19(14)29-23(15-7-5-8-18(30)11-15)22(25(32)27(29)33)24(31)20-12-16-10-17(28)13-21(34-2)26(16)35-20/h3-13,23,30,32H,1-2H3. The number of aliphatic hydroxyl groups is 1. The number of furan rings is 1. The molecule has 0 saturated heterocycles. The predicted octanol–water partition coefficient (Wildman–Crippen LogP) is 5.89. The van der Waals surface area contributed by atoms with Gasteiger partial charge in [0.1, 0.15) is 5.75 Å². The first-order chi connectivity index (χ1) is 16.8. The Kier molecular flexibility index (Phi) is 5.49. The number of halogens is 1. The number of amides is 1. The fourth-order valence-corrected chi connectivity index (χ4v) is 4.63. The van der Waals surface area contributed by atoms with Crippen LogP contribution in [0.15, 0.2) is 82.5 Å². The number of nitrogens with zero attached hydrogens (tertiary/aromatic N) is 1. The van der Waals surface area contributed by atoms with Gasteiger partial charge in [0.15, 0.2) is 22.9 Å². The maximum Gasteiger partial charge on any atom is 0.294 e. The molecule has 2 N–H and O–H groups in total. The minimum atomic E-state index is -0.998. The van der Waals surface area contributed by atoms with Crippen LogP contribution in [-0.2, 0) is 4.79 Å². The Morgan fingerprint density at radius 2 is 1.83 bits per heavy atom. The van der Waals surface area contributed by atoms with E-state index in [0.29, 0.717) is 33.0 Å². The summed E-state index contributed by atoms with van der Waals surface area (Å²) in [5.74, 6) is -1.87. The summed E-state index contributed by atoms with van der Waals surface area (Å²) >= 11 is 6.15. The van der Waals surface area contributed by atoms with Gasteiger partial charge >= 0.3 is 0 Å². The number of aromatic hydroxyl groups is 1. The Morgan fingerprint density at radius 3 is 2.54 bits per heavy atom. The number of aliphatic hydroxyl groups excluding tert-OH is 1. The van der Waals surface area contributed by atoms with Crippen LogP contribution < -0.4 is 9.64 Å². The first kappa shape index (κ1) is 22.6. The molecule has 0 saturated carbocycles. The Labute approximate surface area is 205 Å². The summed E-state index contributed by atoms with van der Waals surface area (Å²) in [7, 11) is 1.46. The van der Waals surface area contributed by atoms with Crippen LogP contribution in [0, 0.1) is 6.92 Å². The molecule has 1 atom stereocenters. The van der Waals surface area contributed by atoms with Gasteiger partial charge in [0.25, 0.3) is 5.91 Å². The molecule has 1 aliphatic rings. The number of phenols is 1. The molecule has 0 bridgehead atoms. The summed E-state index contributed by atoms with van der Waals surface area (Å²) in [6, 6.07) is 17.1. The number of methoxy groups -OCH3 is 1. The molecule has 3 aromatic carbocycles. The number of ether oxygens (including phenoxy) is 1. The summed E-state index contributed by atoms with van der Waals surface area (Å²) in [6.07, 6.45) is 0. The third-order valence-electron chi connectivity index (χ3n) is 6.00. The molecule has 8 heteroatoms. The van der Waals surface area contributed by atoms with Crippen LogP contribution in [0.2, 0.25) is 5.02 Å². The second-order valence-corrected chi connectivity index (χ2v) is 8.62. The lowest BCUT2D eigenvalue weighted by Crippen LogP contribution is -2.31. The van der Waals surface area contributed by atoms with Crippen molar-refractivity contribution in [1.29, 1.82) is 0 Å². The maximum absolute atomic E-state index is 13.8. The Bertz CT molecular complexity index is 1540. The number of phenolic OH excluding ortho intramolecular Hbond substituents is 1. The zero-order valence-corrected chi connectivity index (χ0v) is 19.5. The van der Waals surface area contributed by atoms with Crippen LogP contribution in [0.3, 0.4) is 0 Å². The smallest absolute Gasteiger partial charge is 0.294 e. The van der Waals surface area contributed by atoms with E-state index in [1.54, 1.807) is 36.4 Å². The fraction of sp³-hybridized carbons (Fsp3) is 0.111. The highest BCUT2D eigenvalue weighted by Crippen LogP contribution is 2.44. The van der Waals surface area contributed by atoms with Crippen molar-refractivity contribution in [2.45, 2.75) is 13.0 Å². The topological polar surface area (TPSA) is 100 Å². The molecule has 0 aliphatic carbocycles. The van der Waals surface area contributed by atoms with Gasteiger partial charge in [-0.25, -0.2) is 0 Å². The molecule has 5 rings (SSSR count). The molecule has 0 fully saturated rings. The molecule has 2 heterocycles. The largest absolute Gasteiger partial charge is 0.508 e. The molecular formula is C27H20ClNO6. The van der Waals surface area contributed by atoms with Crippen LogP contribution in [0.1, 0.15) is 27.7 Å². The van der Waals surface area contributed by atoms with E-state index < -0.39 is 23.5 Å². The van der Waals surface area contributed by atoms with E-state index in [0.717, 1.165) is 5.56 Å². The summed E-state index contributed by atoms with van der Waals surface area (Å²) in [6.45, 7) is 1.83. The van der Waals surface area contributed by atoms with Gasteiger partial charge in [-0.1, -0.05) is 41.9 Å². The normalized spacial score (nSPS) is 15.8. The number of Topliss-reactive ketones (excluding diaryl/α,β-unsaturated/α-hetero) is 1. The Hall–Kier alpha value is -4.23. The number of benzene rings is 3. The van der Waals surface area contributed by atoms with E-state index in [1.165, 1.54) is 30.2 Å². The molecule has 0 radical (unpaired) electrons. The average Bonchev–Trinajstić information content (AvgIpc) is 3.37. The minimum absolute atomic E-state index is 0.0408. The minimum Gasteiger partial charge on any atom is -0.508 e. The number of carbonyl (C=O) groups is 2. The molecule has 35 heavy (non-hydrogen) atoms. The van der Waals surface area contributed by atoms with E-state index in [2.05, 4.69) is 0 Å². The Balaban J connectivity index is 1.69. The summed E-state index contributed by atoms with van der Waals surface area (Å²) < 4.78 is 11.1. The average molecular weight is 490 g/mol. The van der Waals surface area contributed by atoms with E-state index in [9.17, 15) is 19.8 Å². The maximum atomic E-state index is 13.8. The first-order valence-electron chi connectivity index (χ1n) is 10.7. The molecule has 1 aromatic heterocycles. The zero-order chi connectivity index (χ0) is 24.9. The zero-order valence-electron chi connectivity index (χ0n) is 18.8. The highest BCUT2D eigenvalue weighted by molar-refractivity contribution is 6.31. The second kappa shape index (κ2) is 8.52. The van der Waals surface area contributed by atoms with Gasteiger partial charge < -0.3 is 19.4 Å². The quantitative estimate of drug-likeness (QED) is 0.339. The number of rotatable bonds is 5. The van der Waals surface area contributed by atoms with Crippen molar-refractivity contribution in [3.63, 3.8) is 0 Å². The number of fused-ring (bicyclic) bond motifs is 1. The molecule has 4 aromatic rings. The van der Waals surface area contributed by atoms with Gasteiger partial charge in [-0.2, -0.15) is 0 Å². The third kappa shape index (κ3) is 3.70. The number of ketones is 1. The van der Waals surface area contributed by atoms with Crippen molar-refractivity contribution in [3.8, 4) is 11.5 Å². The highest BCUT2D eigenvalue weighted by Gasteiger charge is 2.45. The lowest BCUT2D eigenvalue weighted by atomic mass is 9.94. The van der Waals surface area contributed by atoms with Crippen LogP contribution >= 0.6 is 11.6 Å². The van der Waals surface area contributed by atoms with E-state index in [1.807, 2.05) is 19.1 Å². The van der Waals surface area contributed by atoms with Crippen LogP contribution in [0.5, 0.6) is 11.5 Å². The predicted molar refractivity (Wildman–Crippen MR) is 131 cm³/mol. The van der Waals surface area contributed by atoms with Crippen molar-refractivity contribution < 1.29 is 29.0 Å². The SMILES string of the molecule is COc1cc(Cl)cc2cc(C(=O)C3=C(O)C(=O)N(c4ccccc4C)C3c3cccc(O)c3)oc12. The van der Waals surface area contributed by atoms with Crippen LogP contribution in [0.25, 0.3) is 11.0 Å². The number of hydrogen-bond acceptors (Lipinski definition) is 6. The number of para-hydroxylation sites is 1. The lowest BCUT2D eigenvalue weighted by molar-refractivity contribution is -0.117. The number of carbonyl (C=O) groups excluding carboxylic acids is 2. The molecule has 176 valence electrons. The fourth-order valence-electron chi connectivity index (χ4n) is 4.41. The van der Waals surface area contributed by atoms with Gasteiger partial charge in [0, 0.05) is 22.2 Å².